The SMILES string of the molecule is CCCNc1ccc(S(=O)(=O)NCCN(C)C2CC2)cn1. The van der Waals surface area contributed by atoms with Gasteiger partial charge >= 0.3 is 0 Å². The first-order chi connectivity index (χ1) is 10.0. The second-order valence-electron chi connectivity index (χ2n) is 5.42. The molecule has 1 fully saturated rings. The average molecular weight is 312 g/mol. The fourth-order valence-corrected chi connectivity index (χ4v) is 3.00. The van der Waals surface area contributed by atoms with E-state index in [9.17, 15) is 8.42 Å². The lowest BCUT2D eigenvalue weighted by Gasteiger charge is -2.15. The number of nitrogens with one attached hydrogen (secondary N) is 2. The van der Waals surface area contributed by atoms with Crippen LogP contribution in [-0.4, -0.2) is 51.0 Å². The molecule has 1 aliphatic carbocycles. The molecule has 0 aliphatic heterocycles. The maximum Gasteiger partial charge on any atom is 0.242 e. The van der Waals surface area contributed by atoms with Crippen molar-refractivity contribution in [1.82, 2.24) is 14.6 Å². The van der Waals surface area contributed by atoms with E-state index < -0.39 is 10.0 Å². The molecule has 0 bridgehead atoms. The summed E-state index contributed by atoms with van der Waals surface area (Å²) in [6.07, 6.45) is 4.83. The van der Waals surface area contributed by atoms with E-state index in [0.29, 0.717) is 18.4 Å². The fourth-order valence-electron chi connectivity index (χ4n) is 2.03. The van der Waals surface area contributed by atoms with E-state index in [0.717, 1.165) is 19.5 Å². The summed E-state index contributed by atoms with van der Waals surface area (Å²) in [5, 5.41) is 3.12. The number of rotatable bonds is 9. The summed E-state index contributed by atoms with van der Waals surface area (Å²) >= 11 is 0. The second kappa shape index (κ2) is 7.20. The van der Waals surface area contributed by atoms with E-state index in [2.05, 4.69) is 26.8 Å². The van der Waals surface area contributed by atoms with Gasteiger partial charge in [0, 0.05) is 31.9 Å². The molecular formula is C14H24N4O2S. The van der Waals surface area contributed by atoms with Crippen LogP contribution in [0.2, 0.25) is 0 Å². The molecule has 1 aliphatic rings. The Morgan fingerprint density at radius 1 is 1.33 bits per heavy atom. The summed E-state index contributed by atoms with van der Waals surface area (Å²) in [5.74, 6) is 0.698. The van der Waals surface area contributed by atoms with Crippen LogP contribution in [0.15, 0.2) is 23.2 Å². The van der Waals surface area contributed by atoms with Gasteiger partial charge in [0.05, 0.1) is 0 Å². The molecule has 0 unspecified atom stereocenters. The number of sulfonamides is 1. The molecule has 2 rings (SSSR count). The molecular weight excluding hydrogens is 288 g/mol. The van der Waals surface area contributed by atoms with Crippen molar-refractivity contribution in [2.45, 2.75) is 37.1 Å². The van der Waals surface area contributed by atoms with Crippen molar-refractivity contribution in [3.63, 3.8) is 0 Å². The Kier molecular flexibility index (Phi) is 5.55. The van der Waals surface area contributed by atoms with Crippen molar-refractivity contribution in [2.75, 3.05) is 32.0 Å². The van der Waals surface area contributed by atoms with Gasteiger partial charge in [0.15, 0.2) is 0 Å². The standard InChI is InChI=1S/C14H24N4O2S/c1-3-8-15-14-7-6-13(11-16-14)21(19,20)17-9-10-18(2)12-4-5-12/h6-7,11-12,17H,3-5,8-10H2,1-2H3,(H,15,16). The number of pyridine rings is 1. The third-order valence-electron chi connectivity index (χ3n) is 3.53. The molecule has 118 valence electrons. The predicted octanol–water partition coefficient (Wildman–Crippen LogP) is 1.28. The van der Waals surface area contributed by atoms with E-state index in [1.807, 2.05) is 7.05 Å². The molecule has 0 atom stereocenters. The smallest absolute Gasteiger partial charge is 0.242 e. The van der Waals surface area contributed by atoms with Crippen molar-refractivity contribution < 1.29 is 8.42 Å². The lowest BCUT2D eigenvalue weighted by Crippen LogP contribution is -2.34. The van der Waals surface area contributed by atoms with E-state index >= 15 is 0 Å². The first-order valence-corrected chi connectivity index (χ1v) is 8.91. The highest BCUT2D eigenvalue weighted by atomic mass is 32.2. The van der Waals surface area contributed by atoms with Crippen LogP contribution in [0.1, 0.15) is 26.2 Å². The minimum Gasteiger partial charge on any atom is -0.370 e. The van der Waals surface area contributed by atoms with E-state index in [1.165, 1.54) is 19.0 Å². The molecule has 7 heteroatoms. The zero-order valence-electron chi connectivity index (χ0n) is 12.7. The maximum atomic E-state index is 12.1. The van der Waals surface area contributed by atoms with Crippen LogP contribution in [0.25, 0.3) is 0 Å². The third-order valence-corrected chi connectivity index (χ3v) is 4.98. The lowest BCUT2D eigenvalue weighted by atomic mass is 10.4. The minimum atomic E-state index is -3.47. The average Bonchev–Trinajstić information content (AvgIpc) is 3.30. The zero-order chi connectivity index (χ0) is 15.3. The van der Waals surface area contributed by atoms with Crippen molar-refractivity contribution in [3.8, 4) is 0 Å². The molecule has 0 amide bonds. The quantitative estimate of drug-likeness (QED) is 0.718. The highest BCUT2D eigenvalue weighted by molar-refractivity contribution is 7.89. The Bertz CT molecular complexity index is 541. The van der Waals surface area contributed by atoms with E-state index in [4.69, 9.17) is 0 Å². The molecule has 0 saturated heterocycles. The van der Waals surface area contributed by atoms with E-state index in [-0.39, 0.29) is 4.90 Å². The number of aromatic nitrogens is 1. The molecule has 1 saturated carbocycles. The van der Waals surface area contributed by atoms with Gasteiger partial charge in [-0.15, -0.1) is 0 Å². The number of likely N-dealkylation sites (N-methyl/N-ethyl adjacent to an activating group) is 1. The number of hydrogen-bond donors (Lipinski definition) is 2. The highest BCUT2D eigenvalue weighted by Crippen LogP contribution is 2.24. The van der Waals surface area contributed by atoms with Crippen LogP contribution >= 0.6 is 0 Å². The Morgan fingerprint density at radius 2 is 2.10 bits per heavy atom. The van der Waals surface area contributed by atoms with Gasteiger partial charge in [0.25, 0.3) is 0 Å². The minimum absolute atomic E-state index is 0.207. The molecule has 2 N–H and O–H groups in total. The van der Waals surface area contributed by atoms with Gasteiger partial charge in [-0.25, -0.2) is 18.1 Å². The molecule has 6 nitrogen and oxygen atoms in total. The van der Waals surface area contributed by atoms with Gasteiger partial charge in [0.2, 0.25) is 10.0 Å². The predicted molar refractivity (Wildman–Crippen MR) is 83.9 cm³/mol. The second-order valence-corrected chi connectivity index (χ2v) is 7.18. The van der Waals surface area contributed by atoms with Crippen molar-refractivity contribution >= 4 is 15.8 Å². The summed E-state index contributed by atoms with van der Waals surface area (Å²) in [7, 11) is -1.44. The Balaban J connectivity index is 1.85. The van der Waals surface area contributed by atoms with Crippen LogP contribution in [0.3, 0.4) is 0 Å². The van der Waals surface area contributed by atoms with Crippen LogP contribution in [0, 0.1) is 0 Å². The normalized spacial score (nSPS) is 15.4. The summed E-state index contributed by atoms with van der Waals surface area (Å²) < 4.78 is 26.9. The van der Waals surface area contributed by atoms with Gasteiger partial charge in [-0.2, -0.15) is 0 Å². The van der Waals surface area contributed by atoms with Gasteiger partial charge < -0.3 is 10.2 Å². The van der Waals surface area contributed by atoms with Crippen molar-refractivity contribution in [2.24, 2.45) is 0 Å². The monoisotopic (exact) mass is 312 g/mol. The molecule has 1 heterocycles. The molecule has 1 aromatic rings. The Morgan fingerprint density at radius 3 is 2.67 bits per heavy atom. The van der Waals surface area contributed by atoms with Crippen LogP contribution in [0.5, 0.6) is 0 Å². The molecule has 0 aromatic carbocycles. The highest BCUT2D eigenvalue weighted by Gasteiger charge is 2.25. The molecule has 0 spiro atoms. The molecule has 1 aromatic heterocycles. The van der Waals surface area contributed by atoms with E-state index in [1.54, 1.807) is 12.1 Å². The summed E-state index contributed by atoms with van der Waals surface area (Å²) in [6, 6.07) is 3.92. The number of anilines is 1. The third kappa shape index (κ3) is 4.94. The van der Waals surface area contributed by atoms with Crippen LogP contribution in [-0.2, 0) is 10.0 Å². The van der Waals surface area contributed by atoms with Gasteiger partial charge in [-0.1, -0.05) is 6.92 Å². The number of hydrogen-bond acceptors (Lipinski definition) is 5. The van der Waals surface area contributed by atoms with Crippen molar-refractivity contribution in [3.05, 3.63) is 18.3 Å². The van der Waals surface area contributed by atoms with Crippen LogP contribution < -0.4 is 10.0 Å². The first-order valence-electron chi connectivity index (χ1n) is 7.43. The summed E-state index contributed by atoms with van der Waals surface area (Å²) in [5.41, 5.74) is 0. The van der Waals surface area contributed by atoms with Gasteiger partial charge in [-0.3, -0.25) is 0 Å². The summed E-state index contributed by atoms with van der Waals surface area (Å²) in [4.78, 5) is 6.52. The molecule has 0 radical (unpaired) electrons. The zero-order valence-corrected chi connectivity index (χ0v) is 13.5. The molecule has 21 heavy (non-hydrogen) atoms. The largest absolute Gasteiger partial charge is 0.370 e. The maximum absolute atomic E-state index is 12.1. The Labute approximate surface area is 127 Å². The summed E-state index contributed by atoms with van der Waals surface area (Å²) in [6.45, 7) is 4.04. The van der Waals surface area contributed by atoms with Gasteiger partial charge in [-0.05, 0) is 38.4 Å². The first kappa shape index (κ1) is 16.2. The fraction of sp³-hybridized carbons (Fsp3) is 0.643. The lowest BCUT2D eigenvalue weighted by molar-refractivity contribution is 0.329. The van der Waals surface area contributed by atoms with Crippen LogP contribution in [0.4, 0.5) is 5.82 Å². The van der Waals surface area contributed by atoms with Crippen molar-refractivity contribution in [1.29, 1.82) is 0 Å². The van der Waals surface area contributed by atoms with Gasteiger partial charge in [0.1, 0.15) is 10.7 Å². The topological polar surface area (TPSA) is 74.3 Å². The Hall–Kier alpha value is -1.18. The number of nitrogens with zero attached hydrogens (tertiary/aromatic N) is 2.